The summed E-state index contributed by atoms with van der Waals surface area (Å²) in [5.74, 6) is 0.962. The Bertz CT molecular complexity index is 197. The van der Waals surface area contributed by atoms with E-state index in [-0.39, 0.29) is 0 Å². The molecule has 1 aliphatic heterocycles. The van der Waals surface area contributed by atoms with Gasteiger partial charge in [-0.25, -0.2) is 0 Å². The Morgan fingerprint density at radius 3 is 2.75 bits per heavy atom. The largest absolute Gasteiger partial charge is 0.316 e. The molecular weight excluding hydrogens is 196 g/mol. The van der Waals surface area contributed by atoms with Crippen LogP contribution >= 0.6 is 0 Å². The van der Waals surface area contributed by atoms with Crippen LogP contribution in [0.3, 0.4) is 0 Å². The van der Waals surface area contributed by atoms with E-state index in [4.69, 9.17) is 0 Å². The molecule has 1 unspecified atom stereocenters. The molecule has 1 heterocycles. The van der Waals surface area contributed by atoms with Crippen LogP contribution in [0.15, 0.2) is 0 Å². The van der Waals surface area contributed by atoms with E-state index < -0.39 is 0 Å². The summed E-state index contributed by atoms with van der Waals surface area (Å²) >= 11 is 0. The van der Waals surface area contributed by atoms with Crippen LogP contribution in [0, 0.1) is 11.3 Å². The van der Waals surface area contributed by atoms with E-state index in [2.05, 4.69) is 24.5 Å². The van der Waals surface area contributed by atoms with Gasteiger partial charge in [0.25, 0.3) is 0 Å². The fraction of sp³-hybridized carbons (Fsp3) is 1.00. The van der Waals surface area contributed by atoms with Gasteiger partial charge in [-0.3, -0.25) is 0 Å². The smallest absolute Gasteiger partial charge is 0.00723 e. The van der Waals surface area contributed by atoms with Crippen molar-refractivity contribution in [2.24, 2.45) is 11.3 Å². The Hall–Kier alpha value is -0.0800. The second-order valence-electron chi connectivity index (χ2n) is 6.18. The van der Waals surface area contributed by atoms with Gasteiger partial charge in [-0.2, -0.15) is 0 Å². The Labute approximate surface area is 101 Å². The molecule has 1 saturated carbocycles. The molecule has 2 aliphatic rings. The first kappa shape index (κ1) is 12.4. The second-order valence-corrected chi connectivity index (χ2v) is 6.18. The van der Waals surface area contributed by atoms with Gasteiger partial charge in [0.1, 0.15) is 0 Å². The third-order valence-electron chi connectivity index (χ3n) is 4.48. The molecule has 0 bridgehead atoms. The van der Waals surface area contributed by atoms with Crippen LogP contribution in [0.5, 0.6) is 0 Å². The van der Waals surface area contributed by atoms with Gasteiger partial charge in [0.2, 0.25) is 0 Å². The van der Waals surface area contributed by atoms with Crippen molar-refractivity contribution < 1.29 is 0 Å². The normalized spacial score (nSPS) is 39.4. The molecule has 0 spiro atoms. The molecule has 16 heavy (non-hydrogen) atoms. The summed E-state index contributed by atoms with van der Waals surface area (Å²) in [4.78, 5) is 0. The average molecular weight is 224 g/mol. The first-order chi connectivity index (χ1) is 7.74. The van der Waals surface area contributed by atoms with Crippen LogP contribution in [0.25, 0.3) is 0 Å². The van der Waals surface area contributed by atoms with Crippen LogP contribution in [-0.4, -0.2) is 25.7 Å². The maximum absolute atomic E-state index is 3.80. The van der Waals surface area contributed by atoms with Crippen molar-refractivity contribution in [2.75, 3.05) is 19.6 Å². The summed E-state index contributed by atoms with van der Waals surface area (Å²) in [5, 5.41) is 7.39. The van der Waals surface area contributed by atoms with E-state index in [1.807, 2.05) is 0 Å². The van der Waals surface area contributed by atoms with Crippen molar-refractivity contribution in [3.63, 3.8) is 0 Å². The average Bonchev–Trinajstić information content (AvgIpc) is 2.25. The van der Waals surface area contributed by atoms with Gasteiger partial charge >= 0.3 is 0 Å². The molecule has 0 aromatic heterocycles. The zero-order chi connectivity index (χ0) is 11.4. The molecule has 2 N–H and O–H groups in total. The molecule has 2 heteroatoms. The number of hydrogen-bond donors (Lipinski definition) is 2. The zero-order valence-electron chi connectivity index (χ0n) is 11.0. The van der Waals surface area contributed by atoms with Gasteiger partial charge in [-0.15, -0.1) is 0 Å². The number of rotatable bonds is 5. The predicted octanol–water partition coefficient (Wildman–Crippen LogP) is 2.54. The van der Waals surface area contributed by atoms with Crippen molar-refractivity contribution in [3.05, 3.63) is 0 Å². The van der Waals surface area contributed by atoms with E-state index in [1.165, 1.54) is 58.2 Å². The minimum Gasteiger partial charge on any atom is -0.316 e. The molecule has 0 aromatic carbocycles. The summed E-state index contributed by atoms with van der Waals surface area (Å²) in [6.45, 7) is 8.39. The first-order valence-corrected chi connectivity index (χ1v) is 7.18. The van der Waals surface area contributed by atoms with E-state index in [9.17, 15) is 0 Å². The minimum atomic E-state index is 0.561. The molecular formula is C14H28N2. The van der Waals surface area contributed by atoms with Crippen LogP contribution in [-0.2, 0) is 0 Å². The molecule has 2 nitrogen and oxygen atoms in total. The summed E-state index contributed by atoms with van der Waals surface area (Å²) in [6.07, 6.45) is 8.29. The molecule has 1 aliphatic carbocycles. The lowest BCUT2D eigenvalue weighted by molar-refractivity contribution is 0.150. The maximum Gasteiger partial charge on any atom is 0.00723 e. The molecule has 2 rings (SSSR count). The third-order valence-corrected chi connectivity index (χ3v) is 4.48. The molecule has 0 aromatic rings. The summed E-state index contributed by atoms with van der Waals surface area (Å²) < 4.78 is 0. The molecule has 0 amide bonds. The van der Waals surface area contributed by atoms with Gasteiger partial charge in [0.05, 0.1) is 0 Å². The van der Waals surface area contributed by atoms with Gasteiger partial charge in [-0.05, 0) is 50.0 Å². The van der Waals surface area contributed by atoms with E-state index in [1.54, 1.807) is 0 Å². The number of nitrogens with one attached hydrogen (secondary N) is 2. The number of hydrogen-bond acceptors (Lipinski definition) is 2. The van der Waals surface area contributed by atoms with Crippen LogP contribution < -0.4 is 10.6 Å². The zero-order valence-corrected chi connectivity index (χ0v) is 11.0. The molecule has 94 valence electrons. The SMILES string of the molecule is CCCC1(CNC2CC(C)C2)CCCNC1. The van der Waals surface area contributed by atoms with Gasteiger partial charge in [0, 0.05) is 19.1 Å². The lowest BCUT2D eigenvalue weighted by Crippen LogP contribution is -2.50. The minimum absolute atomic E-state index is 0.561. The van der Waals surface area contributed by atoms with Crippen molar-refractivity contribution >= 4 is 0 Å². The van der Waals surface area contributed by atoms with Crippen molar-refractivity contribution in [1.82, 2.24) is 10.6 Å². The Morgan fingerprint density at radius 1 is 1.38 bits per heavy atom. The standard InChI is InChI=1S/C14H28N2/c1-3-5-14(6-4-7-15-10-14)11-16-13-8-12(2)9-13/h12-13,15-16H,3-11H2,1-2H3. The monoisotopic (exact) mass is 224 g/mol. The van der Waals surface area contributed by atoms with Crippen LogP contribution in [0.4, 0.5) is 0 Å². The maximum atomic E-state index is 3.80. The highest BCUT2D eigenvalue weighted by Crippen LogP contribution is 2.33. The van der Waals surface area contributed by atoms with Crippen molar-refractivity contribution in [1.29, 1.82) is 0 Å². The van der Waals surface area contributed by atoms with E-state index in [0.29, 0.717) is 5.41 Å². The number of piperidine rings is 1. The fourth-order valence-electron chi connectivity index (χ4n) is 3.44. The summed E-state index contributed by atoms with van der Waals surface area (Å²) in [6, 6.07) is 0.825. The van der Waals surface area contributed by atoms with Crippen molar-refractivity contribution in [2.45, 2.75) is 58.4 Å². The highest BCUT2D eigenvalue weighted by Gasteiger charge is 2.33. The van der Waals surface area contributed by atoms with Crippen molar-refractivity contribution in [3.8, 4) is 0 Å². The highest BCUT2D eigenvalue weighted by atomic mass is 15.0. The molecule has 1 atom stereocenters. The molecule has 2 fully saturated rings. The molecule has 0 radical (unpaired) electrons. The highest BCUT2D eigenvalue weighted by molar-refractivity contribution is 4.90. The van der Waals surface area contributed by atoms with Crippen LogP contribution in [0.1, 0.15) is 52.4 Å². The summed E-state index contributed by atoms with van der Waals surface area (Å²) in [7, 11) is 0. The second kappa shape index (κ2) is 5.50. The van der Waals surface area contributed by atoms with Gasteiger partial charge in [-0.1, -0.05) is 20.3 Å². The lowest BCUT2D eigenvalue weighted by Gasteiger charge is -2.41. The van der Waals surface area contributed by atoms with E-state index in [0.717, 1.165) is 12.0 Å². The van der Waals surface area contributed by atoms with E-state index >= 15 is 0 Å². The molecule has 1 saturated heterocycles. The Morgan fingerprint density at radius 2 is 2.19 bits per heavy atom. The third kappa shape index (κ3) is 2.98. The van der Waals surface area contributed by atoms with Gasteiger partial charge < -0.3 is 10.6 Å². The van der Waals surface area contributed by atoms with Crippen LogP contribution in [0.2, 0.25) is 0 Å². The first-order valence-electron chi connectivity index (χ1n) is 7.18. The Kier molecular flexibility index (Phi) is 4.26. The summed E-state index contributed by atoms with van der Waals surface area (Å²) in [5.41, 5.74) is 0.561. The fourth-order valence-corrected chi connectivity index (χ4v) is 3.44. The predicted molar refractivity (Wildman–Crippen MR) is 69.6 cm³/mol. The van der Waals surface area contributed by atoms with Gasteiger partial charge in [0.15, 0.2) is 0 Å². The Balaban J connectivity index is 1.77. The lowest BCUT2D eigenvalue weighted by atomic mass is 9.75. The quantitative estimate of drug-likeness (QED) is 0.750. The topological polar surface area (TPSA) is 24.1 Å².